The molecule has 1 aromatic heterocycles. The average molecular weight is 545 g/mol. The maximum Gasteiger partial charge on any atom is 0.137 e. The third-order valence-corrected chi connectivity index (χ3v) is 9.73. The fourth-order valence-electron chi connectivity index (χ4n) is 5.92. The Balaban J connectivity index is 1.59. The van der Waals surface area contributed by atoms with E-state index >= 15 is 0 Å². The molecule has 0 bridgehead atoms. The first-order chi connectivity index (χ1) is 20.0. The van der Waals surface area contributed by atoms with Crippen LogP contribution < -0.4 is 10.2 Å². The van der Waals surface area contributed by atoms with Gasteiger partial charge in [-0.2, -0.15) is 0 Å². The minimum absolute atomic E-state index is 0.949. The van der Waals surface area contributed by atoms with Crippen molar-refractivity contribution in [3.05, 3.63) is 140 Å². The summed E-state index contributed by atoms with van der Waals surface area (Å²) >= 11 is 0. The van der Waals surface area contributed by atoms with Gasteiger partial charge in [-0.15, -0.1) is 0 Å². The minimum atomic E-state index is -1.63. The zero-order chi connectivity index (χ0) is 28.0. The van der Waals surface area contributed by atoms with Gasteiger partial charge in [0.25, 0.3) is 0 Å². The van der Waals surface area contributed by atoms with Crippen LogP contribution in [0.5, 0.6) is 0 Å². The van der Waals surface area contributed by atoms with Crippen LogP contribution in [0.3, 0.4) is 0 Å². The van der Waals surface area contributed by atoms with E-state index in [4.69, 9.17) is 4.98 Å². The van der Waals surface area contributed by atoms with Crippen LogP contribution in [0.4, 0.5) is 17.2 Å². The standard InChI is InChI=1S/C38H32N2Si/c1-41(2,3)36-23-13-22-35(39-36)40(30-16-5-4-6-17-30)38-33-20-11-9-18-31(33)37(32-19-10-12-21-34(32)38)29-25-24-27-14-7-8-15-28(27)26-29/h4-26H,1-3H3. The van der Waals surface area contributed by atoms with Crippen molar-refractivity contribution < 1.29 is 0 Å². The summed E-state index contributed by atoms with van der Waals surface area (Å²) in [5.74, 6) is 0.949. The van der Waals surface area contributed by atoms with E-state index in [-0.39, 0.29) is 0 Å². The average Bonchev–Trinajstić information content (AvgIpc) is 3.01. The van der Waals surface area contributed by atoms with Gasteiger partial charge in [-0.25, -0.2) is 4.98 Å². The highest BCUT2D eigenvalue weighted by Gasteiger charge is 2.25. The van der Waals surface area contributed by atoms with Gasteiger partial charge in [-0.05, 0) is 63.0 Å². The number of nitrogens with zero attached hydrogens (tertiary/aromatic N) is 2. The molecule has 0 saturated carbocycles. The van der Waals surface area contributed by atoms with Crippen molar-refractivity contribution in [1.29, 1.82) is 0 Å². The van der Waals surface area contributed by atoms with E-state index in [0.717, 1.165) is 17.2 Å². The van der Waals surface area contributed by atoms with Crippen LogP contribution in [-0.4, -0.2) is 13.1 Å². The van der Waals surface area contributed by atoms with Crippen LogP contribution in [0.2, 0.25) is 19.6 Å². The SMILES string of the molecule is C[Si](C)(C)c1cccc(N(c2ccccc2)c2c3ccccc3c(-c3ccc4ccccc4c3)c3ccccc23)n1. The zero-order valence-electron chi connectivity index (χ0n) is 23.7. The molecule has 0 unspecified atom stereocenters. The maximum absolute atomic E-state index is 5.31. The normalized spacial score (nSPS) is 11.8. The smallest absolute Gasteiger partial charge is 0.137 e. The summed E-state index contributed by atoms with van der Waals surface area (Å²) in [4.78, 5) is 7.67. The van der Waals surface area contributed by atoms with Crippen LogP contribution in [0, 0.1) is 0 Å². The number of rotatable bonds is 5. The Morgan fingerprint density at radius 1 is 0.512 bits per heavy atom. The van der Waals surface area contributed by atoms with E-state index in [2.05, 4.69) is 164 Å². The summed E-state index contributed by atoms with van der Waals surface area (Å²) in [6.07, 6.45) is 0. The number of benzene rings is 6. The Hall–Kier alpha value is -4.73. The molecule has 2 nitrogen and oxygen atoms in total. The highest BCUT2D eigenvalue weighted by molar-refractivity contribution is 6.88. The summed E-state index contributed by atoms with van der Waals surface area (Å²) < 4.78 is 0. The molecule has 0 aliphatic rings. The minimum Gasteiger partial charge on any atom is -0.294 e. The topological polar surface area (TPSA) is 16.1 Å². The molecular formula is C38H32N2Si. The molecule has 1 heterocycles. The first-order valence-electron chi connectivity index (χ1n) is 14.2. The fourth-order valence-corrected chi connectivity index (χ4v) is 6.97. The molecule has 41 heavy (non-hydrogen) atoms. The van der Waals surface area contributed by atoms with E-state index in [0.29, 0.717) is 0 Å². The predicted octanol–water partition coefficient (Wildman–Crippen LogP) is 10.2. The van der Waals surface area contributed by atoms with E-state index in [9.17, 15) is 0 Å². The molecule has 0 aliphatic carbocycles. The molecule has 7 aromatic rings. The van der Waals surface area contributed by atoms with Gasteiger partial charge >= 0.3 is 0 Å². The van der Waals surface area contributed by atoms with Crippen molar-refractivity contribution in [2.24, 2.45) is 0 Å². The van der Waals surface area contributed by atoms with Crippen molar-refractivity contribution in [3.8, 4) is 11.1 Å². The van der Waals surface area contributed by atoms with Gasteiger partial charge in [0, 0.05) is 21.8 Å². The van der Waals surface area contributed by atoms with E-state index in [1.54, 1.807) is 0 Å². The molecule has 0 fully saturated rings. The van der Waals surface area contributed by atoms with Crippen LogP contribution >= 0.6 is 0 Å². The molecule has 0 radical (unpaired) electrons. The second-order valence-corrected chi connectivity index (χ2v) is 16.7. The molecule has 0 N–H and O–H groups in total. The lowest BCUT2D eigenvalue weighted by molar-refractivity contribution is 1.21. The second-order valence-electron chi connectivity index (χ2n) is 11.7. The largest absolute Gasteiger partial charge is 0.294 e. The molecule has 0 amide bonds. The highest BCUT2D eigenvalue weighted by atomic mass is 28.3. The molecule has 0 aliphatic heterocycles. The predicted molar refractivity (Wildman–Crippen MR) is 180 cm³/mol. The van der Waals surface area contributed by atoms with Crippen molar-refractivity contribution in [3.63, 3.8) is 0 Å². The number of hydrogen-bond acceptors (Lipinski definition) is 2. The lowest BCUT2D eigenvalue weighted by atomic mass is 9.89. The van der Waals surface area contributed by atoms with Crippen LogP contribution in [0.25, 0.3) is 43.4 Å². The monoisotopic (exact) mass is 544 g/mol. The van der Waals surface area contributed by atoms with Crippen molar-refractivity contribution in [2.75, 3.05) is 4.90 Å². The zero-order valence-corrected chi connectivity index (χ0v) is 24.7. The third kappa shape index (κ3) is 4.49. The van der Waals surface area contributed by atoms with Crippen molar-refractivity contribution >= 4 is 62.9 Å². The summed E-state index contributed by atoms with van der Waals surface area (Å²) in [7, 11) is -1.63. The number of anilines is 3. The van der Waals surface area contributed by atoms with Gasteiger partial charge < -0.3 is 0 Å². The Bertz CT molecular complexity index is 1980. The quantitative estimate of drug-likeness (QED) is 0.158. The third-order valence-electron chi connectivity index (χ3n) is 7.91. The Morgan fingerprint density at radius 3 is 1.76 bits per heavy atom. The van der Waals surface area contributed by atoms with Crippen LogP contribution in [0.1, 0.15) is 0 Å². The van der Waals surface area contributed by atoms with Crippen molar-refractivity contribution in [1.82, 2.24) is 4.98 Å². The molecular weight excluding hydrogens is 513 g/mol. The van der Waals surface area contributed by atoms with E-state index in [1.807, 2.05) is 0 Å². The van der Waals surface area contributed by atoms with E-state index < -0.39 is 8.07 Å². The number of para-hydroxylation sites is 1. The first-order valence-corrected chi connectivity index (χ1v) is 17.7. The van der Waals surface area contributed by atoms with Crippen LogP contribution in [-0.2, 0) is 0 Å². The number of pyridine rings is 1. The number of fused-ring (bicyclic) bond motifs is 3. The molecule has 3 heteroatoms. The lowest BCUT2D eigenvalue weighted by Crippen LogP contribution is -2.40. The van der Waals surface area contributed by atoms with Gasteiger partial charge in [0.15, 0.2) is 0 Å². The summed E-state index contributed by atoms with van der Waals surface area (Å²) in [5.41, 5.74) is 4.75. The van der Waals surface area contributed by atoms with Gasteiger partial charge in [0.1, 0.15) is 13.9 Å². The number of hydrogen-bond donors (Lipinski definition) is 0. The first kappa shape index (κ1) is 25.2. The Kier molecular flexibility index (Phi) is 6.17. The summed E-state index contributed by atoms with van der Waals surface area (Å²) in [6.45, 7) is 7.07. The molecule has 0 saturated heterocycles. The molecule has 198 valence electrons. The van der Waals surface area contributed by atoms with Crippen molar-refractivity contribution in [2.45, 2.75) is 19.6 Å². The highest BCUT2D eigenvalue weighted by Crippen LogP contribution is 2.47. The van der Waals surface area contributed by atoms with Gasteiger partial charge in [-0.3, -0.25) is 4.90 Å². The molecule has 7 rings (SSSR count). The van der Waals surface area contributed by atoms with Gasteiger partial charge in [0.2, 0.25) is 0 Å². The Labute approximate surface area is 242 Å². The number of aromatic nitrogens is 1. The lowest BCUT2D eigenvalue weighted by Gasteiger charge is -2.29. The summed E-state index contributed by atoms with van der Waals surface area (Å²) in [6, 6.07) is 50.3. The molecule has 6 aromatic carbocycles. The van der Waals surface area contributed by atoms with E-state index in [1.165, 1.54) is 48.8 Å². The van der Waals surface area contributed by atoms with Crippen LogP contribution in [0.15, 0.2) is 140 Å². The summed E-state index contributed by atoms with van der Waals surface area (Å²) in [5, 5.41) is 8.59. The molecule has 0 spiro atoms. The maximum atomic E-state index is 5.31. The van der Waals surface area contributed by atoms with Gasteiger partial charge in [-0.1, -0.05) is 129 Å². The molecule has 0 atom stereocenters. The van der Waals surface area contributed by atoms with Gasteiger partial charge in [0.05, 0.1) is 5.69 Å². The fraction of sp³-hybridized carbons (Fsp3) is 0.0789. The second kappa shape index (κ2) is 10.0. The Morgan fingerprint density at radius 2 is 1.10 bits per heavy atom.